The zero-order chi connectivity index (χ0) is 19.3. The molecule has 0 saturated heterocycles. The lowest BCUT2D eigenvalue weighted by atomic mass is 10.2. The summed E-state index contributed by atoms with van der Waals surface area (Å²) in [5, 5.41) is 13.4. The van der Waals surface area contributed by atoms with E-state index in [9.17, 15) is 4.39 Å². The van der Waals surface area contributed by atoms with Gasteiger partial charge in [0.15, 0.2) is 16.8 Å². The van der Waals surface area contributed by atoms with Gasteiger partial charge in [-0.25, -0.2) is 4.39 Å². The molecule has 2 heterocycles. The van der Waals surface area contributed by atoms with E-state index in [2.05, 4.69) is 32.5 Å². The molecule has 6 nitrogen and oxygen atoms in total. The highest BCUT2D eigenvalue weighted by molar-refractivity contribution is 7.98. The average molecular weight is 395 g/mol. The molecule has 0 radical (unpaired) electrons. The first kappa shape index (κ1) is 18.4. The highest BCUT2D eigenvalue weighted by atomic mass is 32.2. The van der Waals surface area contributed by atoms with E-state index in [1.807, 2.05) is 29.7 Å². The number of aromatic nitrogens is 5. The van der Waals surface area contributed by atoms with E-state index in [4.69, 9.17) is 4.52 Å². The summed E-state index contributed by atoms with van der Waals surface area (Å²) >= 11 is 1.48. The molecule has 2 aromatic carbocycles. The van der Waals surface area contributed by atoms with Crippen molar-refractivity contribution in [2.24, 2.45) is 0 Å². The van der Waals surface area contributed by atoms with Crippen LogP contribution in [-0.4, -0.2) is 24.9 Å². The largest absolute Gasteiger partial charge is 0.338 e. The molecule has 0 atom stereocenters. The number of aryl methyl sites for hydroxylation is 1. The molecule has 0 aliphatic rings. The van der Waals surface area contributed by atoms with Crippen LogP contribution in [0.5, 0.6) is 0 Å². The summed E-state index contributed by atoms with van der Waals surface area (Å²) in [6, 6.07) is 16.3. The summed E-state index contributed by atoms with van der Waals surface area (Å²) in [6.07, 6.45) is 0.729. The van der Waals surface area contributed by atoms with Gasteiger partial charge in [-0.2, -0.15) is 4.98 Å². The Morgan fingerprint density at radius 3 is 2.54 bits per heavy atom. The Labute approximate surface area is 165 Å². The van der Waals surface area contributed by atoms with E-state index in [-0.39, 0.29) is 5.82 Å². The standard InChI is InChI=1S/C20H18FN5OS/c1-2-17-22-18(27-25-17)13-28-20-24-23-19(15-8-10-16(21)11-9-15)26(20)12-14-6-4-3-5-7-14/h3-11H,2,12-13H2,1H3. The van der Waals surface area contributed by atoms with Crippen LogP contribution in [0.2, 0.25) is 0 Å². The summed E-state index contributed by atoms with van der Waals surface area (Å²) in [7, 11) is 0. The van der Waals surface area contributed by atoms with Gasteiger partial charge in [0.1, 0.15) is 5.82 Å². The zero-order valence-electron chi connectivity index (χ0n) is 15.2. The zero-order valence-corrected chi connectivity index (χ0v) is 16.1. The quantitative estimate of drug-likeness (QED) is 0.433. The lowest BCUT2D eigenvalue weighted by Gasteiger charge is -2.10. The van der Waals surface area contributed by atoms with E-state index >= 15 is 0 Å². The van der Waals surface area contributed by atoms with Crippen molar-refractivity contribution in [1.29, 1.82) is 0 Å². The van der Waals surface area contributed by atoms with E-state index in [0.717, 1.165) is 22.7 Å². The summed E-state index contributed by atoms with van der Waals surface area (Å²) in [5.41, 5.74) is 1.93. The molecular formula is C20H18FN5OS. The minimum absolute atomic E-state index is 0.282. The van der Waals surface area contributed by atoms with E-state index in [0.29, 0.717) is 29.8 Å². The molecule has 0 saturated carbocycles. The second-order valence-electron chi connectivity index (χ2n) is 6.13. The van der Waals surface area contributed by atoms with Crippen LogP contribution in [0, 0.1) is 5.82 Å². The van der Waals surface area contributed by atoms with Crippen molar-refractivity contribution in [3.05, 3.63) is 77.7 Å². The fourth-order valence-corrected chi connectivity index (χ4v) is 3.51. The minimum Gasteiger partial charge on any atom is -0.338 e. The van der Waals surface area contributed by atoms with Gasteiger partial charge in [-0.3, -0.25) is 4.57 Å². The lowest BCUT2D eigenvalue weighted by molar-refractivity contribution is 0.385. The third-order valence-corrected chi connectivity index (χ3v) is 5.11. The minimum atomic E-state index is -0.282. The Hall–Kier alpha value is -3.00. The second-order valence-corrected chi connectivity index (χ2v) is 7.07. The smallest absolute Gasteiger partial charge is 0.237 e. The van der Waals surface area contributed by atoms with Crippen molar-refractivity contribution in [3.63, 3.8) is 0 Å². The molecule has 0 spiro atoms. The SMILES string of the molecule is CCc1noc(CSc2nnc(-c3ccc(F)cc3)n2Cc2ccccc2)n1. The summed E-state index contributed by atoms with van der Waals surface area (Å²) in [5.74, 6) is 2.15. The Bertz CT molecular complexity index is 1050. The average Bonchev–Trinajstić information content (AvgIpc) is 3.35. The van der Waals surface area contributed by atoms with Crippen LogP contribution in [0.25, 0.3) is 11.4 Å². The van der Waals surface area contributed by atoms with Gasteiger partial charge in [0.05, 0.1) is 12.3 Å². The van der Waals surface area contributed by atoms with E-state index in [1.165, 1.54) is 23.9 Å². The van der Waals surface area contributed by atoms with Crippen LogP contribution in [0.15, 0.2) is 64.3 Å². The predicted octanol–water partition coefficient (Wildman–Crippen LogP) is 4.37. The molecule has 28 heavy (non-hydrogen) atoms. The number of rotatable bonds is 7. The molecule has 0 unspecified atom stereocenters. The Kier molecular flexibility index (Phi) is 5.48. The first-order valence-corrected chi connectivity index (χ1v) is 9.89. The van der Waals surface area contributed by atoms with Crippen molar-refractivity contribution in [2.45, 2.75) is 30.8 Å². The van der Waals surface area contributed by atoms with Crippen LogP contribution < -0.4 is 0 Å². The van der Waals surface area contributed by atoms with Gasteiger partial charge in [0.25, 0.3) is 0 Å². The van der Waals surface area contributed by atoms with Gasteiger partial charge >= 0.3 is 0 Å². The fraction of sp³-hybridized carbons (Fsp3) is 0.200. The van der Waals surface area contributed by atoms with Crippen LogP contribution in [-0.2, 0) is 18.7 Å². The highest BCUT2D eigenvalue weighted by Gasteiger charge is 2.16. The monoisotopic (exact) mass is 395 g/mol. The molecule has 2 aromatic heterocycles. The topological polar surface area (TPSA) is 69.6 Å². The molecule has 0 amide bonds. The van der Waals surface area contributed by atoms with Gasteiger partial charge < -0.3 is 4.52 Å². The maximum Gasteiger partial charge on any atom is 0.237 e. The van der Waals surface area contributed by atoms with Crippen molar-refractivity contribution in [2.75, 3.05) is 0 Å². The van der Waals surface area contributed by atoms with E-state index < -0.39 is 0 Å². The molecule has 0 N–H and O–H groups in total. The predicted molar refractivity (Wildman–Crippen MR) is 104 cm³/mol. The lowest BCUT2D eigenvalue weighted by Crippen LogP contribution is -2.04. The van der Waals surface area contributed by atoms with Gasteiger partial charge in [-0.05, 0) is 29.8 Å². The first-order valence-electron chi connectivity index (χ1n) is 8.90. The normalized spacial score (nSPS) is 11.1. The number of hydrogen-bond acceptors (Lipinski definition) is 6. The van der Waals surface area contributed by atoms with Gasteiger partial charge in [-0.1, -0.05) is 54.2 Å². The van der Waals surface area contributed by atoms with Crippen molar-refractivity contribution in [3.8, 4) is 11.4 Å². The molecule has 0 aliphatic carbocycles. The molecule has 0 bridgehead atoms. The molecule has 4 rings (SSSR count). The molecule has 142 valence electrons. The molecule has 4 aromatic rings. The summed E-state index contributed by atoms with van der Waals surface area (Å²) in [6.45, 7) is 2.58. The highest BCUT2D eigenvalue weighted by Crippen LogP contribution is 2.27. The van der Waals surface area contributed by atoms with Crippen LogP contribution >= 0.6 is 11.8 Å². The third kappa shape index (κ3) is 4.12. The van der Waals surface area contributed by atoms with E-state index in [1.54, 1.807) is 12.1 Å². The van der Waals surface area contributed by atoms with Gasteiger partial charge in [-0.15, -0.1) is 10.2 Å². The Morgan fingerprint density at radius 1 is 1.04 bits per heavy atom. The molecule has 0 aliphatic heterocycles. The summed E-state index contributed by atoms with van der Waals surface area (Å²) in [4.78, 5) is 4.33. The number of hydrogen-bond donors (Lipinski definition) is 0. The number of thioether (sulfide) groups is 1. The first-order chi connectivity index (χ1) is 13.7. The molecular weight excluding hydrogens is 377 g/mol. The van der Waals surface area contributed by atoms with Crippen molar-refractivity contribution in [1.82, 2.24) is 24.9 Å². The Balaban J connectivity index is 1.64. The van der Waals surface area contributed by atoms with Crippen molar-refractivity contribution >= 4 is 11.8 Å². The third-order valence-electron chi connectivity index (χ3n) is 4.15. The van der Waals surface area contributed by atoms with Crippen LogP contribution in [0.4, 0.5) is 4.39 Å². The molecule has 8 heteroatoms. The Morgan fingerprint density at radius 2 is 1.82 bits per heavy atom. The van der Waals surface area contributed by atoms with Crippen LogP contribution in [0.1, 0.15) is 24.2 Å². The van der Waals surface area contributed by atoms with Crippen molar-refractivity contribution < 1.29 is 8.91 Å². The second kappa shape index (κ2) is 8.35. The number of nitrogens with zero attached hydrogens (tertiary/aromatic N) is 5. The number of benzene rings is 2. The maximum atomic E-state index is 13.3. The number of halogens is 1. The maximum absolute atomic E-state index is 13.3. The van der Waals surface area contributed by atoms with Crippen LogP contribution in [0.3, 0.4) is 0 Å². The fourth-order valence-electron chi connectivity index (χ4n) is 2.74. The van der Waals surface area contributed by atoms with Gasteiger partial charge in [0.2, 0.25) is 5.89 Å². The summed E-state index contributed by atoms with van der Waals surface area (Å²) < 4.78 is 20.6. The van der Waals surface area contributed by atoms with Gasteiger partial charge in [0, 0.05) is 12.0 Å². The molecule has 0 fully saturated rings.